The van der Waals surface area contributed by atoms with Crippen LogP contribution in [0.4, 0.5) is 0 Å². The second-order valence-electron chi connectivity index (χ2n) is 3.64. The van der Waals surface area contributed by atoms with Gasteiger partial charge in [-0.2, -0.15) is 5.26 Å². The largest absolute Gasteiger partial charge is 0.454 e. The van der Waals surface area contributed by atoms with Gasteiger partial charge in [-0.25, -0.2) is 0 Å². The molecular formula is C14H10ClNO. The minimum Gasteiger partial charge on any atom is -0.454 e. The van der Waals surface area contributed by atoms with Crippen molar-refractivity contribution in [3.05, 3.63) is 58.6 Å². The number of para-hydroxylation sites is 1. The first-order chi connectivity index (χ1) is 8.20. The number of ether oxygens (including phenoxy) is 1. The van der Waals surface area contributed by atoms with E-state index in [1.165, 1.54) is 0 Å². The average molecular weight is 244 g/mol. The molecule has 0 aliphatic carbocycles. The van der Waals surface area contributed by atoms with Crippen LogP contribution in [0.25, 0.3) is 0 Å². The van der Waals surface area contributed by atoms with Crippen LogP contribution < -0.4 is 4.74 Å². The van der Waals surface area contributed by atoms with Crippen molar-refractivity contribution >= 4 is 11.6 Å². The summed E-state index contributed by atoms with van der Waals surface area (Å²) >= 11 is 6.03. The Kier molecular flexibility index (Phi) is 3.32. The van der Waals surface area contributed by atoms with Crippen molar-refractivity contribution in [2.45, 2.75) is 6.92 Å². The molecule has 3 heteroatoms. The molecule has 0 fully saturated rings. The summed E-state index contributed by atoms with van der Waals surface area (Å²) in [4.78, 5) is 0. The van der Waals surface area contributed by atoms with Crippen LogP contribution in [-0.2, 0) is 0 Å². The van der Waals surface area contributed by atoms with E-state index >= 15 is 0 Å². The zero-order valence-electron chi connectivity index (χ0n) is 9.27. The standard InChI is InChI=1S/C14H10ClNO/c1-10-6-7-12(15)14(8-10)17-13-5-3-2-4-11(13)9-16/h2-8H,1H3. The van der Waals surface area contributed by atoms with Gasteiger partial charge in [0.2, 0.25) is 0 Å². The van der Waals surface area contributed by atoms with Crippen LogP contribution in [0.2, 0.25) is 5.02 Å². The van der Waals surface area contributed by atoms with Gasteiger partial charge in [-0.3, -0.25) is 0 Å². The molecule has 0 aliphatic heterocycles. The smallest absolute Gasteiger partial charge is 0.146 e. The number of aryl methyl sites for hydroxylation is 1. The maximum absolute atomic E-state index is 8.96. The molecule has 0 bridgehead atoms. The highest BCUT2D eigenvalue weighted by atomic mass is 35.5. The normalized spacial score (nSPS) is 9.71. The van der Waals surface area contributed by atoms with E-state index < -0.39 is 0 Å². The molecule has 2 rings (SSSR count). The Morgan fingerprint density at radius 3 is 2.65 bits per heavy atom. The Morgan fingerprint density at radius 2 is 1.88 bits per heavy atom. The molecule has 0 unspecified atom stereocenters. The Labute approximate surface area is 105 Å². The van der Waals surface area contributed by atoms with Crippen LogP contribution in [0.15, 0.2) is 42.5 Å². The first-order valence-corrected chi connectivity index (χ1v) is 5.51. The Hall–Kier alpha value is -1.98. The van der Waals surface area contributed by atoms with Crippen LogP contribution in [0, 0.1) is 18.3 Å². The number of benzene rings is 2. The van der Waals surface area contributed by atoms with Gasteiger partial charge in [0.05, 0.1) is 10.6 Å². The van der Waals surface area contributed by atoms with Gasteiger partial charge < -0.3 is 4.74 Å². The summed E-state index contributed by atoms with van der Waals surface area (Å²) in [6, 6.07) is 14.7. The van der Waals surface area contributed by atoms with Gasteiger partial charge in [-0.15, -0.1) is 0 Å². The third kappa shape index (κ3) is 2.58. The number of nitriles is 1. The number of nitrogens with zero attached hydrogens (tertiary/aromatic N) is 1. The zero-order valence-corrected chi connectivity index (χ0v) is 10.0. The van der Waals surface area contributed by atoms with E-state index in [2.05, 4.69) is 6.07 Å². The average Bonchev–Trinajstić information content (AvgIpc) is 2.34. The summed E-state index contributed by atoms with van der Waals surface area (Å²) in [6.07, 6.45) is 0. The number of hydrogen-bond acceptors (Lipinski definition) is 2. The van der Waals surface area contributed by atoms with Crippen molar-refractivity contribution in [2.75, 3.05) is 0 Å². The minimum atomic E-state index is 0.491. The Bertz CT molecular complexity index is 587. The molecule has 0 spiro atoms. The maximum Gasteiger partial charge on any atom is 0.146 e. The van der Waals surface area contributed by atoms with E-state index in [-0.39, 0.29) is 0 Å². The van der Waals surface area contributed by atoms with Crippen LogP contribution in [-0.4, -0.2) is 0 Å². The third-order valence-electron chi connectivity index (χ3n) is 2.31. The third-order valence-corrected chi connectivity index (χ3v) is 2.63. The van der Waals surface area contributed by atoms with Gasteiger partial charge in [-0.1, -0.05) is 29.8 Å². The predicted octanol–water partition coefficient (Wildman–Crippen LogP) is 4.31. The topological polar surface area (TPSA) is 33.0 Å². The first-order valence-electron chi connectivity index (χ1n) is 5.14. The summed E-state index contributed by atoms with van der Waals surface area (Å²) < 4.78 is 5.66. The van der Waals surface area contributed by atoms with Crippen molar-refractivity contribution in [2.24, 2.45) is 0 Å². The van der Waals surface area contributed by atoms with E-state index in [0.29, 0.717) is 22.1 Å². The summed E-state index contributed by atoms with van der Waals surface area (Å²) in [5.41, 5.74) is 1.55. The molecule has 84 valence electrons. The van der Waals surface area contributed by atoms with Gasteiger partial charge in [0, 0.05) is 0 Å². The van der Waals surface area contributed by atoms with Crippen molar-refractivity contribution in [1.82, 2.24) is 0 Å². The lowest BCUT2D eigenvalue weighted by molar-refractivity contribution is 0.481. The monoisotopic (exact) mass is 243 g/mol. The second-order valence-corrected chi connectivity index (χ2v) is 4.05. The van der Waals surface area contributed by atoms with Crippen LogP contribution in [0.5, 0.6) is 11.5 Å². The fourth-order valence-electron chi connectivity index (χ4n) is 1.46. The molecule has 0 radical (unpaired) electrons. The summed E-state index contributed by atoms with van der Waals surface area (Å²) in [5, 5.41) is 9.49. The van der Waals surface area contributed by atoms with Gasteiger partial charge in [0.1, 0.15) is 17.6 Å². The molecule has 0 heterocycles. The van der Waals surface area contributed by atoms with E-state index in [1.807, 2.05) is 25.1 Å². The molecule has 0 saturated heterocycles. The van der Waals surface area contributed by atoms with Crippen LogP contribution in [0.3, 0.4) is 0 Å². The SMILES string of the molecule is Cc1ccc(Cl)c(Oc2ccccc2C#N)c1. The highest BCUT2D eigenvalue weighted by molar-refractivity contribution is 6.32. The molecule has 2 aromatic carbocycles. The lowest BCUT2D eigenvalue weighted by Crippen LogP contribution is -1.89. The number of rotatable bonds is 2. The van der Waals surface area contributed by atoms with Gasteiger partial charge >= 0.3 is 0 Å². The fraction of sp³-hybridized carbons (Fsp3) is 0.0714. The van der Waals surface area contributed by atoms with Gasteiger partial charge in [-0.05, 0) is 36.8 Å². The molecule has 0 saturated carbocycles. The second kappa shape index (κ2) is 4.90. The fourth-order valence-corrected chi connectivity index (χ4v) is 1.61. The van der Waals surface area contributed by atoms with Crippen LogP contribution >= 0.6 is 11.6 Å². The zero-order chi connectivity index (χ0) is 12.3. The van der Waals surface area contributed by atoms with Gasteiger partial charge in [0.25, 0.3) is 0 Å². The number of hydrogen-bond donors (Lipinski definition) is 0. The molecule has 0 aromatic heterocycles. The van der Waals surface area contributed by atoms with Crippen molar-refractivity contribution in [1.29, 1.82) is 5.26 Å². The van der Waals surface area contributed by atoms with E-state index in [9.17, 15) is 0 Å². The Morgan fingerprint density at radius 1 is 1.12 bits per heavy atom. The maximum atomic E-state index is 8.96. The van der Waals surface area contributed by atoms with E-state index in [1.54, 1.807) is 24.3 Å². The lowest BCUT2D eigenvalue weighted by atomic mass is 10.2. The van der Waals surface area contributed by atoms with Crippen LogP contribution in [0.1, 0.15) is 11.1 Å². The van der Waals surface area contributed by atoms with Gasteiger partial charge in [0.15, 0.2) is 0 Å². The molecule has 0 N–H and O–H groups in total. The van der Waals surface area contributed by atoms with E-state index in [0.717, 1.165) is 5.56 Å². The molecule has 0 atom stereocenters. The molecule has 2 nitrogen and oxygen atoms in total. The minimum absolute atomic E-state index is 0.491. The highest BCUT2D eigenvalue weighted by Gasteiger charge is 2.06. The quantitative estimate of drug-likeness (QED) is 0.787. The van der Waals surface area contributed by atoms with E-state index in [4.69, 9.17) is 21.6 Å². The summed E-state index contributed by atoms with van der Waals surface area (Å²) in [7, 11) is 0. The van der Waals surface area contributed by atoms with Crippen molar-refractivity contribution < 1.29 is 4.74 Å². The molecule has 17 heavy (non-hydrogen) atoms. The molecular weight excluding hydrogens is 234 g/mol. The summed E-state index contributed by atoms with van der Waals surface area (Å²) in [5.74, 6) is 1.08. The van der Waals surface area contributed by atoms with Crippen molar-refractivity contribution in [3.63, 3.8) is 0 Å². The summed E-state index contributed by atoms with van der Waals surface area (Å²) in [6.45, 7) is 1.96. The first kappa shape index (κ1) is 11.5. The molecule has 2 aromatic rings. The number of halogens is 1. The predicted molar refractivity (Wildman–Crippen MR) is 67.4 cm³/mol. The lowest BCUT2D eigenvalue weighted by Gasteiger charge is -2.09. The molecule has 0 amide bonds. The Balaban J connectivity index is 2.38. The highest BCUT2D eigenvalue weighted by Crippen LogP contribution is 2.31. The van der Waals surface area contributed by atoms with Crippen molar-refractivity contribution in [3.8, 4) is 17.6 Å². The molecule has 0 aliphatic rings.